The topological polar surface area (TPSA) is 84.0 Å². The number of nitrogens with zero attached hydrogens (tertiary/aromatic N) is 4. The maximum atomic E-state index is 14.1. The number of H-pyrrole nitrogens is 1. The average molecular weight is 341 g/mol. The smallest absolute Gasteiger partial charge is 0.387 e. The number of aromatic amines is 1. The summed E-state index contributed by atoms with van der Waals surface area (Å²) in [4.78, 5) is 14.0. The van der Waals surface area contributed by atoms with E-state index in [2.05, 4.69) is 25.4 Å². The molecule has 1 aliphatic heterocycles. The Hall–Kier alpha value is -2.65. The zero-order chi connectivity index (χ0) is 17.1. The van der Waals surface area contributed by atoms with E-state index in [0.717, 1.165) is 31.0 Å². The van der Waals surface area contributed by atoms with E-state index in [4.69, 9.17) is 0 Å². The lowest BCUT2D eigenvalue weighted by Crippen LogP contribution is -2.39. The summed E-state index contributed by atoms with van der Waals surface area (Å²) in [6, 6.07) is 3.07. The first-order valence-corrected chi connectivity index (χ1v) is 7.31. The lowest BCUT2D eigenvalue weighted by molar-refractivity contribution is -0.0500. The molecular weight excluding hydrogens is 327 g/mol. The molecule has 128 valence electrons. The van der Waals surface area contributed by atoms with Crippen molar-refractivity contribution in [2.45, 2.75) is 25.4 Å². The number of rotatable bonds is 4. The zero-order valence-electron chi connectivity index (χ0n) is 12.5. The fraction of sp³-hybridized carbons (Fsp3) is 0.429. The van der Waals surface area contributed by atoms with Crippen LogP contribution in [0.4, 0.5) is 13.2 Å². The summed E-state index contributed by atoms with van der Waals surface area (Å²) in [7, 11) is 0. The number of benzene rings is 1. The van der Waals surface area contributed by atoms with Gasteiger partial charge in [0.05, 0.1) is 5.56 Å². The minimum atomic E-state index is -3.05. The third kappa shape index (κ3) is 3.47. The summed E-state index contributed by atoms with van der Waals surface area (Å²) in [5, 5.41) is 13.7. The number of ether oxygens (including phenoxy) is 1. The molecule has 24 heavy (non-hydrogen) atoms. The van der Waals surface area contributed by atoms with Gasteiger partial charge in [-0.25, -0.2) is 4.39 Å². The number of likely N-dealkylation sites (tertiary alicyclic amines) is 1. The number of alkyl halides is 2. The third-order valence-corrected chi connectivity index (χ3v) is 3.83. The highest BCUT2D eigenvalue weighted by Gasteiger charge is 2.29. The number of aromatic nitrogens is 4. The lowest BCUT2D eigenvalue weighted by Gasteiger charge is -2.31. The van der Waals surface area contributed by atoms with Gasteiger partial charge in [-0.2, -0.15) is 14.0 Å². The zero-order valence-corrected chi connectivity index (χ0v) is 12.5. The first kappa shape index (κ1) is 16.2. The monoisotopic (exact) mass is 341 g/mol. The van der Waals surface area contributed by atoms with Crippen LogP contribution in [0.25, 0.3) is 0 Å². The van der Waals surface area contributed by atoms with Crippen LogP contribution in [0.15, 0.2) is 18.2 Å². The minimum absolute atomic E-state index is 0.0778. The molecule has 10 heteroatoms. The number of nitrogens with one attached hydrogen (secondary N) is 1. The fourth-order valence-electron chi connectivity index (χ4n) is 2.73. The van der Waals surface area contributed by atoms with Gasteiger partial charge < -0.3 is 9.64 Å². The molecule has 1 fully saturated rings. The Balaban J connectivity index is 1.73. The molecule has 1 aliphatic rings. The van der Waals surface area contributed by atoms with Gasteiger partial charge in [0.15, 0.2) is 5.82 Å². The molecule has 2 heterocycles. The molecule has 0 bridgehead atoms. The quantitative estimate of drug-likeness (QED) is 0.919. The lowest BCUT2D eigenvalue weighted by atomic mass is 9.96. The highest BCUT2D eigenvalue weighted by atomic mass is 19.3. The van der Waals surface area contributed by atoms with Crippen LogP contribution in [0.5, 0.6) is 5.75 Å². The van der Waals surface area contributed by atoms with Crippen molar-refractivity contribution in [1.82, 2.24) is 25.5 Å². The van der Waals surface area contributed by atoms with E-state index >= 15 is 0 Å². The average Bonchev–Trinajstić information content (AvgIpc) is 3.08. The number of carbonyl (C=O) groups excluding carboxylic acids is 1. The van der Waals surface area contributed by atoms with Gasteiger partial charge in [-0.05, 0) is 25.0 Å². The highest BCUT2D eigenvalue weighted by molar-refractivity contribution is 5.94. The molecule has 0 saturated carbocycles. The second kappa shape index (κ2) is 6.85. The van der Waals surface area contributed by atoms with E-state index in [1.54, 1.807) is 0 Å². The summed E-state index contributed by atoms with van der Waals surface area (Å²) in [6.45, 7) is -2.24. The van der Waals surface area contributed by atoms with Gasteiger partial charge in [0.2, 0.25) is 0 Å². The van der Waals surface area contributed by atoms with Crippen LogP contribution in [-0.4, -0.2) is 51.1 Å². The molecular formula is C14H14F3N5O2. The first-order valence-electron chi connectivity index (χ1n) is 7.31. The standard InChI is InChI=1S/C14H14F3N5O2/c15-11-6-9(24-14(16)17)3-4-10(11)13(23)22-5-1-2-8(7-22)12-18-20-21-19-12/h3-4,6,8,14H,1-2,5,7H2,(H,18,19,20,21). The van der Waals surface area contributed by atoms with Gasteiger partial charge in [-0.3, -0.25) is 4.79 Å². The third-order valence-electron chi connectivity index (χ3n) is 3.83. The van der Waals surface area contributed by atoms with Crippen molar-refractivity contribution in [3.63, 3.8) is 0 Å². The van der Waals surface area contributed by atoms with Crippen molar-refractivity contribution in [2.75, 3.05) is 13.1 Å². The predicted octanol–water partition coefficient (Wildman–Crippen LogP) is 1.96. The molecule has 0 aliphatic carbocycles. The maximum absolute atomic E-state index is 14.1. The Kier molecular flexibility index (Phi) is 4.63. The fourth-order valence-corrected chi connectivity index (χ4v) is 2.73. The molecule has 7 nitrogen and oxygen atoms in total. The molecule has 2 aromatic rings. The summed E-state index contributed by atoms with van der Waals surface area (Å²) >= 11 is 0. The second-order valence-corrected chi connectivity index (χ2v) is 5.38. The van der Waals surface area contributed by atoms with Crippen LogP contribution < -0.4 is 4.74 Å². The first-order chi connectivity index (χ1) is 11.5. The Morgan fingerprint density at radius 2 is 2.25 bits per heavy atom. The summed E-state index contributed by atoms with van der Waals surface area (Å²) in [5.74, 6) is -1.31. The number of carbonyl (C=O) groups is 1. The molecule has 1 atom stereocenters. The Morgan fingerprint density at radius 1 is 1.42 bits per heavy atom. The van der Waals surface area contributed by atoms with Crippen LogP contribution in [0.3, 0.4) is 0 Å². The number of hydrogen-bond acceptors (Lipinski definition) is 5. The van der Waals surface area contributed by atoms with Gasteiger partial charge >= 0.3 is 6.61 Å². The SMILES string of the molecule is O=C(c1ccc(OC(F)F)cc1F)N1CCCC(c2nn[nH]n2)C1. The molecule has 1 aromatic carbocycles. The van der Waals surface area contributed by atoms with Crippen LogP contribution >= 0.6 is 0 Å². The van der Waals surface area contributed by atoms with Crippen LogP contribution in [-0.2, 0) is 0 Å². The molecule has 1 unspecified atom stereocenters. The molecule has 0 spiro atoms. The van der Waals surface area contributed by atoms with Crippen LogP contribution in [0.1, 0.15) is 34.9 Å². The van der Waals surface area contributed by atoms with Gasteiger partial charge in [-0.1, -0.05) is 5.21 Å². The number of amides is 1. The van der Waals surface area contributed by atoms with Crippen molar-refractivity contribution < 1.29 is 22.7 Å². The highest BCUT2D eigenvalue weighted by Crippen LogP contribution is 2.26. The Labute approximate surface area is 134 Å². The van der Waals surface area contributed by atoms with Crippen molar-refractivity contribution >= 4 is 5.91 Å². The van der Waals surface area contributed by atoms with Crippen molar-refractivity contribution in [3.05, 3.63) is 35.4 Å². The van der Waals surface area contributed by atoms with Gasteiger partial charge in [0, 0.05) is 25.1 Å². The van der Waals surface area contributed by atoms with E-state index < -0.39 is 18.3 Å². The molecule has 3 rings (SSSR count). The minimum Gasteiger partial charge on any atom is -0.435 e. The predicted molar refractivity (Wildman–Crippen MR) is 75.1 cm³/mol. The number of piperidine rings is 1. The Bertz CT molecular complexity index is 710. The van der Waals surface area contributed by atoms with E-state index in [1.807, 2.05) is 0 Å². The van der Waals surface area contributed by atoms with Gasteiger partial charge in [0.25, 0.3) is 5.91 Å². The molecule has 1 aromatic heterocycles. The normalized spacial score (nSPS) is 18.0. The molecule has 1 amide bonds. The van der Waals surface area contributed by atoms with Crippen molar-refractivity contribution in [1.29, 1.82) is 0 Å². The number of tetrazole rings is 1. The number of hydrogen-bond donors (Lipinski definition) is 1. The van der Waals surface area contributed by atoms with E-state index in [-0.39, 0.29) is 17.2 Å². The van der Waals surface area contributed by atoms with Gasteiger partial charge in [-0.15, -0.1) is 10.2 Å². The summed E-state index contributed by atoms with van der Waals surface area (Å²) in [5.41, 5.74) is -0.189. The number of halogens is 3. The van der Waals surface area contributed by atoms with Crippen molar-refractivity contribution in [3.8, 4) is 5.75 Å². The molecule has 0 radical (unpaired) electrons. The molecule has 1 saturated heterocycles. The van der Waals surface area contributed by atoms with Gasteiger partial charge in [0.1, 0.15) is 11.6 Å². The van der Waals surface area contributed by atoms with Crippen LogP contribution in [0.2, 0.25) is 0 Å². The summed E-state index contributed by atoms with van der Waals surface area (Å²) in [6.07, 6.45) is 1.52. The van der Waals surface area contributed by atoms with E-state index in [0.29, 0.717) is 18.9 Å². The van der Waals surface area contributed by atoms with Crippen molar-refractivity contribution in [2.24, 2.45) is 0 Å². The van der Waals surface area contributed by atoms with Crippen LogP contribution in [0, 0.1) is 5.82 Å². The van der Waals surface area contributed by atoms with E-state index in [1.165, 1.54) is 4.90 Å². The second-order valence-electron chi connectivity index (χ2n) is 5.38. The summed E-state index contributed by atoms with van der Waals surface area (Å²) < 4.78 is 42.5. The largest absolute Gasteiger partial charge is 0.435 e. The Morgan fingerprint density at radius 3 is 2.92 bits per heavy atom. The maximum Gasteiger partial charge on any atom is 0.387 e. The molecule has 1 N–H and O–H groups in total. The van der Waals surface area contributed by atoms with E-state index in [9.17, 15) is 18.0 Å².